The number of likely N-dealkylation sites (tertiary alicyclic amines) is 1. The number of carbonyl (C=O) groups excluding carboxylic acids is 1. The molecule has 2 aliphatic heterocycles. The highest BCUT2D eigenvalue weighted by atomic mass is 16.5. The van der Waals surface area contributed by atoms with Crippen LogP contribution in [-0.4, -0.2) is 81.0 Å². The van der Waals surface area contributed by atoms with Gasteiger partial charge in [0.05, 0.1) is 26.3 Å². The lowest BCUT2D eigenvalue weighted by atomic mass is 10.0. The summed E-state index contributed by atoms with van der Waals surface area (Å²) in [5, 5.41) is 0. The molecule has 1 amide bonds. The Morgan fingerprint density at radius 1 is 1.24 bits per heavy atom. The first-order valence-electron chi connectivity index (χ1n) is 8.93. The molecule has 2 aliphatic rings. The Balaban J connectivity index is 1.54. The molecule has 1 aromatic carbocycles. The maximum Gasteiger partial charge on any atom is 0.236 e. The number of hydrogen-bond acceptors (Lipinski definition) is 5. The highest BCUT2D eigenvalue weighted by molar-refractivity contribution is 5.78. The van der Waals surface area contributed by atoms with E-state index in [4.69, 9.17) is 14.2 Å². The smallest absolute Gasteiger partial charge is 0.236 e. The van der Waals surface area contributed by atoms with Gasteiger partial charge in [-0.1, -0.05) is 18.2 Å². The first-order chi connectivity index (χ1) is 12.1. The largest absolute Gasteiger partial charge is 0.490 e. The number of rotatable bonds is 6. The highest BCUT2D eigenvalue weighted by Gasteiger charge is 2.41. The molecule has 0 aromatic heterocycles. The standard InChI is InChI=1S/C19H28N2O4/c1-16-5-3-4-6-17(16)25-15-19(23-2)7-8-21(14-19)18(22)13-20-9-11-24-12-10-20/h3-6H,7-15H2,1-2H3/t19-/m1/s1. The van der Waals surface area contributed by atoms with Crippen molar-refractivity contribution < 1.29 is 19.0 Å². The Morgan fingerprint density at radius 2 is 2.00 bits per heavy atom. The zero-order valence-electron chi connectivity index (χ0n) is 15.2. The monoisotopic (exact) mass is 348 g/mol. The van der Waals surface area contributed by atoms with E-state index in [-0.39, 0.29) is 5.91 Å². The van der Waals surface area contributed by atoms with Crippen LogP contribution in [0, 0.1) is 6.92 Å². The molecular weight excluding hydrogens is 320 g/mol. The van der Waals surface area contributed by atoms with E-state index in [0.717, 1.165) is 30.8 Å². The van der Waals surface area contributed by atoms with Crippen molar-refractivity contribution in [3.05, 3.63) is 29.8 Å². The molecule has 2 heterocycles. The molecule has 0 saturated carbocycles. The minimum Gasteiger partial charge on any atom is -0.490 e. The van der Waals surface area contributed by atoms with Crippen molar-refractivity contribution in [1.82, 2.24) is 9.80 Å². The number of carbonyl (C=O) groups is 1. The molecule has 0 spiro atoms. The van der Waals surface area contributed by atoms with Gasteiger partial charge in [0, 0.05) is 26.7 Å². The topological polar surface area (TPSA) is 51.2 Å². The normalized spacial score (nSPS) is 24.5. The predicted octanol–water partition coefficient (Wildman–Crippen LogP) is 1.32. The first kappa shape index (κ1) is 18.2. The van der Waals surface area contributed by atoms with Gasteiger partial charge in [0.25, 0.3) is 0 Å². The van der Waals surface area contributed by atoms with Crippen LogP contribution < -0.4 is 4.74 Å². The number of ether oxygens (including phenoxy) is 3. The van der Waals surface area contributed by atoms with Crippen LogP contribution in [0.25, 0.3) is 0 Å². The van der Waals surface area contributed by atoms with Gasteiger partial charge in [0.1, 0.15) is 18.0 Å². The summed E-state index contributed by atoms with van der Waals surface area (Å²) >= 11 is 0. The molecule has 6 nitrogen and oxygen atoms in total. The second kappa shape index (κ2) is 8.17. The van der Waals surface area contributed by atoms with Gasteiger partial charge in [0.2, 0.25) is 5.91 Å². The Morgan fingerprint density at radius 3 is 2.72 bits per heavy atom. The van der Waals surface area contributed by atoms with Gasteiger partial charge in [0.15, 0.2) is 0 Å². The Bertz CT molecular complexity index is 589. The number of nitrogens with zero attached hydrogens (tertiary/aromatic N) is 2. The number of para-hydroxylation sites is 1. The summed E-state index contributed by atoms with van der Waals surface area (Å²) in [6, 6.07) is 7.96. The van der Waals surface area contributed by atoms with Crippen LogP contribution in [0.4, 0.5) is 0 Å². The number of methoxy groups -OCH3 is 1. The van der Waals surface area contributed by atoms with Crippen LogP contribution in [0.3, 0.4) is 0 Å². The molecule has 0 aliphatic carbocycles. The third-order valence-electron chi connectivity index (χ3n) is 5.15. The molecule has 138 valence electrons. The maximum atomic E-state index is 12.6. The van der Waals surface area contributed by atoms with Gasteiger partial charge in [-0.2, -0.15) is 0 Å². The molecule has 6 heteroatoms. The Kier molecular flexibility index (Phi) is 5.93. The summed E-state index contributed by atoms with van der Waals surface area (Å²) < 4.78 is 17.1. The van der Waals surface area contributed by atoms with Crippen molar-refractivity contribution in [1.29, 1.82) is 0 Å². The summed E-state index contributed by atoms with van der Waals surface area (Å²) in [4.78, 5) is 16.7. The third-order valence-corrected chi connectivity index (χ3v) is 5.15. The number of morpholine rings is 1. The van der Waals surface area contributed by atoms with Crippen molar-refractivity contribution in [3.8, 4) is 5.75 Å². The van der Waals surface area contributed by atoms with E-state index in [1.165, 1.54) is 0 Å². The minimum atomic E-state index is -0.428. The van der Waals surface area contributed by atoms with Gasteiger partial charge < -0.3 is 19.1 Å². The van der Waals surface area contributed by atoms with E-state index >= 15 is 0 Å². The second-order valence-electron chi connectivity index (χ2n) is 6.90. The average Bonchev–Trinajstić information content (AvgIpc) is 3.07. The molecule has 2 fully saturated rings. The average molecular weight is 348 g/mol. The van der Waals surface area contributed by atoms with Gasteiger partial charge >= 0.3 is 0 Å². The van der Waals surface area contributed by atoms with E-state index in [1.807, 2.05) is 36.1 Å². The molecular formula is C19H28N2O4. The van der Waals surface area contributed by atoms with Crippen LogP contribution in [0.5, 0.6) is 5.75 Å². The lowest BCUT2D eigenvalue weighted by Gasteiger charge is -2.30. The molecule has 1 aromatic rings. The van der Waals surface area contributed by atoms with Crippen LogP contribution in [0.2, 0.25) is 0 Å². The van der Waals surface area contributed by atoms with Crippen LogP contribution in [-0.2, 0) is 14.3 Å². The summed E-state index contributed by atoms with van der Waals surface area (Å²) in [5.74, 6) is 1.04. The van der Waals surface area contributed by atoms with Gasteiger partial charge in [-0.3, -0.25) is 9.69 Å². The van der Waals surface area contributed by atoms with Crippen LogP contribution >= 0.6 is 0 Å². The van der Waals surface area contributed by atoms with Gasteiger partial charge in [-0.05, 0) is 25.0 Å². The lowest BCUT2D eigenvalue weighted by Crippen LogP contribution is -2.46. The number of hydrogen-bond donors (Lipinski definition) is 0. The maximum absolute atomic E-state index is 12.6. The van der Waals surface area contributed by atoms with Crippen molar-refractivity contribution in [2.45, 2.75) is 18.9 Å². The van der Waals surface area contributed by atoms with Gasteiger partial charge in [-0.15, -0.1) is 0 Å². The lowest BCUT2D eigenvalue weighted by molar-refractivity contribution is -0.134. The molecule has 0 N–H and O–H groups in total. The summed E-state index contributed by atoms with van der Waals surface area (Å²) in [6.45, 7) is 7.31. The van der Waals surface area contributed by atoms with Crippen molar-refractivity contribution in [2.24, 2.45) is 0 Å². The Hall–Kier alpha value is -1.63. The zero-order chi connectivity index (χ0) is 17.7. The fraction of sp³-hybridized carbons (Fsp3) is 0.632. The number of benzene rings is 1. The fourth-order valence-corrected chi connectivity index (χ4v) is 3.38. The van der Waals surface area contributed by atoms with E-state index in [0.29, 0.717) is 39.5 Å². The van der Waals surface area contributed by atoms with Crippen molar-refractivity contribution >= 4 is 5.91 Å². The van der Waals surface area contributed by atoms with Crippen molar-refractivity contribution in [3.63, 3.8) is 0 Å². The first-order valence-corrected chi connectivity index (χ1v) is 8.93. The van der Waals surface area contributed by atoms with Crippen LogP contribution in [0.15, 0.2) is 24.3 Å². The zero-order valence-corrected chi connectivity index (χ0v) is 15.2. The molecule has 1 atom stereocenters. The van der Waals surface area contributed by atoms with E-state index in [1.54, 1.807) is 7.11 Å². The molecule has 3 rings (SSSR count). The van der Waals surface area contributed by atoms with Gasteiger partial charge in [-0.25, -0.2) is 0 Å². The Labute approximate surface area is 149 Å². The van der Waals surface area contributed by atoms with Crippen LogP contribution in [0.1, 0.15) is 12.0 Å². The fourth-order valence-electron chi connectivity index (χ4n) is 3.38. The highest BCUT2D eigenvalue weighted by Crippen LogP contribution is 2.27. The quantitative estimate of drug-likeness (QED) is 0.776. The molecule has 0 radical (unpaired) electrons. The van der Waals surface area contributed by atoms with E-state index < -0.39 is 5.60 Å². The summed E-state index contributed by atoms with van der Waals surface area (Å²) in [5.41, 5.74) is 0.676. The molecule has 0 bridgehead atoms. The summed E-state index contributed by atoms with van der Waals surface area (Å²) in [7, 11) is 1.71. The molecule has 0 unspecified atom stereocenters. The SMILES string of the molecule is CO[C@]1(COc2ccccc2C)CCN(C(=O)CN2CCOCC2)C1. The van der Waals surface area contributed by atoms with E-state index in [2.05, 4.69) is 4.90 Å². The van der Waals surface area contributed by atoms with E-state index in [9.17, 15) is 4.79 Å². The predicted molar refractivity (Wildman–Crippen MR) is 94.9 cm³/mol. The number of aryl methyl sites for hydroxylation is 1. The van der Waals surface area contributed by atoms with Crippen molar-refractivity contribution in [2.75, 3.05) is 59.7 Å². The summed E-state index contributed by atoms with van der Waals surface area (Å²) in [6.07, 6.45) is 0.796. The minimum absolute atomic E-state index is 0.164. The molecule has 25 heavy (non-hydrogen) atoms. The third kappa shape index (κ3) is 4.51. The second-order valence-corrected chi connectivity index (χ2v) is 6.90. The number of amides is 1. The molecule has 2 saturated heterocycles.